The first-order valence-electron chi connectivity index (χ1n) is 9.46. The van der Waals surface area contributed by atoms with Crippen molar-refractivity contribution < 1.29 is 9.53 Å². The van der Waals surface area contributed by atoms with Crippen molar-refractivity contribution in [2.24, 2.45) is 0 Å². The summed E-state index contributed by atoms with van der Waals surface area (Å²) in [5, 5.41) is 0. The van der Waals surface area contributed by atoms with Crippen LogP contribution in [0.15, 0.2) is 30.3 Å². The van der Waals surface area contributed by atoms with Gasteiger partial charge < -0.3 is 4.74 Å². The molecule has 0 aliphatic rings. The van der Waals surface area contributed by atoms with Gasteiger partial charge in [-0.25, -0.2) is 0 Å². The number of hydrogen-bond acceptors (Lipinski definition) is 2. The van der Waals surface area contributed by atoms with Gasteiger partial charge in [0.05, 0.1) is 0 Å². The lowest BCUT2D eigenvalue weighted by Gasteiger charge is -2.16. The first kappa shape index (κ1) is 19.7. The molecule has 0 heterocycles. The normalized spacial score (nSPS) is 12.1. The van der Waals surface area contributed by atoms with E-state index in [1.807, 2.05) is 30.3 Å². The van der Waals surface area contributed by atoms with Crippen LogP contribution >= 0.6 is 0 Å². The summed E-state index contributed by atoms with van der Waals surface area (Å²) in [6, 6.07) is 9.65. The third-order valence-electron chi connectivity index (χ3n) is 4.29. The van der Waals surface area contributed by atoms with Gasteiger partial charge in [0, 0.05) is 0 Å². The molecule has 23 heavy (non-hydrogen) atoms. The van der Waals surface area contributed by atoms with Crippen LogP contribution in [-0.2, 0) is 4.79 Å². The van der Waals surface area contributed by atoms with Gasteiger partial charge in [-0.3, -0.25) is 4.79 Å². The Hall–Kier alpha value is -1.31. The number of carbonyl (C=O) groups excluding carboxylic acids is 1. The summed E-state index contributed by atoms with van der Waals surface area (Å²) in [5.74, 6) is 0.921. The standard InChI is InChI=1S/C21H34O2/c1-3-4-5-6-7-8-9-10-11-15-18-21(19(2)22)23-20-16-13-12-14-17-20/h12-14,16-17,21H,3-11,15,18H2,1-2H3. The first-order valence-corrected chi connectivity index (χ1v) is 9.46. The lowest BCUT2D eigenvalue weighted by molar-refractivity contribution is -0.123. The molecule has 0 saturated carbocycles. The fraction of sp³-hybridized carbons (Fsp3) is 0.667. The minimum atomic E-state index is -0.286. The molecular formula is C21H34O2. The van der Waals surface area contributed by atoms with E-state index < -0.39 is 0 Å². The number of Topliss-reactive ketones (excluding diaryl/α,β-unsaturated/α-hetero) is 1. The van der Waals surface area contributed by atoms with Gasteiger partial charge in [0.1, 0.15) is 5.75 Å². The van der Waals surface area contributed by atoms with Gasteiger partial charge in [-0.1, -0.05) is 82.9 Å². The van der Waals surface area contributed by atoms with Crippen LogP contribution in [0.4, 0.5) is 0 Å². The Morgan fingerprint density at radius 3 is 1.91 bits per heavy atom. The predicted molar refractivity (Wildman–Crippen MR) is 98.0 cm³/mol. The lowest BCUT2D eigenvalue weighted by atomic mass is 10.0. The third-order valence-corrected chi connectivity index (χ3v) is 4.29. The third kappa shape index (κ3) is 10.1. The van der Waals surface area contributed by atoms with E-state index in [1.54, 1.807) is 6.92 Å². The second-order valence-corrected chi connectivity index (χ2v) is 6.50. The summed E-state index contributed by atoms with van der Waals surface area (Å²) < 4.78 is 5.81. The molecular weight excluding hydrogens is 284 g/mol. The van der Waals surface area contributed by atoms with Crippen molar-refractivity contribution in [2.75, 3.05) is 0 Å². The summed E-state index contributed by atoms with van der Waals surface area (Å²) in [4.78, 5) is 11.7. The maximum Gasteiger partial charge on any atom is 0.170 e. The monoisotopic (exact) mass is 318 g/mol. The van der Waals surface area contributed by atoms with E-state index in [1.165, 1.54) is 57.8 Å². The van der Waals surface area contributed by atoms with Crippen LogP contribution in [0.1, 0.15) is 84.5 Å². The van der Waals surface area contributed by atoms with Gasteiger partial charge in [-0.2, -0.15) is 0 Å². The second-order valence-electron chi connectivity index (χ2n) is 6.50. The molecule has 0 amide bonds. The Kier molecular flexibility index (Phi) is 11.3. The first-order chi connectivity index (χ1) is 11.2. The van der Waals surface area contributed by atoms with Crippen molar-refractivity contribution in [3.05, 3.63) is 30.3 Å². The summed E-state index contributed by atoms with van der Waals surface area (Å²) in [7, 11) is 0. The highest BCUT2D eigenvalue weighted by molar-refractivity contribution is 5.80. The Morgan fingerprint density at radius 1 is 0.870 bits per heavy atom. The molecule has 0 aromatic heterocycles. The molecule has 0 aliphatic heterocycles. The van der Waals surface area contributed by atoms with Gasteiger partial charge >= 0.3 is 0 Å². The number of hydrogen-bond donors (Lipinski definition) is 0. The molecule has 0 fully saturated rings. The molecule has 2 heteroatoms. The SMILES string of the molecule is CCCCCCCCCCCCC(Oc1ccccc1)C(C)=O. The summed E-state index contributed by atoms with van der Waals surface area (Å²) in [6.07, 6.45) is 13.7. The Morgan fingerprint density at radius 2 is 1.39 bits per heavy atom. The molecule has 1 unspecified atom stereocenters. The zero-order valence-corrected chi connectivity index (χ0v) is 15.1. The highest BCUT2D eigenvalue weighted by Crippen LogP contribution is 2.16. The molecule has 1 aromatic carbocycles. The number of ether oxygens (including phenoxy) is 1. The average molecular weight is 319 g/mol. The van der Waals surface area contributed by atoms with Crippen molar-refractivity contribution in [3.63, 3.8) is 0 Å². The van der Waals surface area contributed by atoms with Gasteiger partial charge in [0.15, 0.2) is 11.9 Å². The molecule has 0 bridgehead atoms. The van der Waals surface area contributed by atoms with Crippen LogP contribution < -0.4 is 4.74 Å². The number of carbonyl (C=O) groups is 1. The van der Waals surface area contributed by atoms with E-state index >= 15 is 0 Å². The smallest absolute Gasteiger partial charge is 0.170 e. The predicted octanol–water partition coefficient (Wildman–Crippen LogP) is 6.33. The van der Waals surface area contributed by atoms with Crippen LogP contribution in [0.2, 0.25) is 0 Å². The molecule has 1 atom stereocenters. The molecule has 0 spiro atoms. The fourth-order valence-electron chi connectivity index (χ4n) is 2.83. The summed E-state index contributed by atoms with van der Waals surface area (Å²) >= 11 is 0. The van der Waals surface area contributed by atoms with E-state index in [0.29, 0.717) is 0 Å². The summed E-state index contributed by atoms with van der Waals surface area (Å²) in [6.45, 7) is 3.89. The number of unbranched alkanes of at least 4 members (excludes halogenated alkanes) is 9. The average Bonchev–Trinajstić information content (AvgIpc) is 2.56. The molecule has 0 N–H and O–H groups in total. The second kappa shape index (κ2) is 13.2. The van der Waals surface area contributed by atoms with Crippen molar-refractivity contribution in [1.82, 2.24) is 0 Å². The maximum atomic E-state index is 11.7. The molecule has 0 saturated heterocycles. The van der Waals surface area contributed by atoms with Gasteiger partial charge in [0.25, 0.3) is 0 Å². The van der Waals surface area contributed by atoms with Gasteiger partial charge in [-0.15, -0.1) is 0 Å². The van der Waals surface area contributed by atoms with Crippen LogP contribution in [-0.4, -0.2) is 11.9 Å². The molecule has 1 aromatic rings. The Balaban J connectivity index is 2.06. The number of benzene rings is 1. The van der Waals surface area contributed by atoms with Gasteiger partial charge in [0.2, 0.25) is 0 Å². The molecule has 0 aliphatic carbocycles. The molecule has 2 nitrogen and oxygen atoms in total. The van der Waals surface area contributed by atoms with Crippen LogP contribution in [0.3, 0.4) is 0 Å². The molecule has 0 radical (unpaired) electrons. The topological polar surface area (TPSA) is 26.3 Å². The molecule has 130 valence electrons. The Labute approximate surface area is 142 Å². The number of para-hydroxylation sites is 1. The number of rotatable bonds is 14. The van der Waals surface area contributed by atoms with Crippen molar-refractivity contribution in [3.8, 4) is 5.75 Å². The largest absolute Gasteiger partial charge is 0.483 e. The minimum absolute atomic E-state index is 0.129. The Bertz CT molecular complexity index is 400. The fourth-order valence-corrected chi connectivity index (χ4v) is 2.83. The quantitative estimate of drug-likeness (QED) is 0.374. The van der Waals surface area contributed by atoms with E-state index in [0.717, 1.165) is 18.6 Å². The molecule has 1 rings (SSSR count). The lowest BCUT2D eigenvalue weighted by Crippen LogP contribution is -2.24. The van der Waals surface area contributed by atoms with Crippen LogP contribution in [0.25, 0.3) is 0 Å². The van der Waals surface area contributed by atoms with Crippen LogP contribution in [0, 0.1) is 0 Å². The van der Waals surface area contributed by atoms with Crippen molar-refractivity contribution in [1.29, 1.82) is 0 Å². The van der Waals surface area contributed by atoms with Crippen molar-refractivity contribution in [2.45, 2.75) is 90.6 Å². The van der Waals surface area contributed by atoms with E-state index in [2.05, 4.69) is 6.92 Å². The summed E-state index contributed by atoms with van der Waals surface area (Å²) in [5.41, 5.74) is 0. The van der Waals surface area contributed by atoms with E-state index in [-0.39, 0.29) is 11.9 Å². The van der Waals surface area contributed by atoms with Crippen molar-refractivity contribution >= 4 is 5.78 Å². The van der Waals surface area contributed by atoms with Gasteiger partial charge in [-0.05, 0) is 31.9 Å². The van der Waals surface area contributed by atoms with E-state index in [9.17, 15) is 4.79 Å². The zero-order valence-electron chi connectivity index (χ0n) is 15.1. The zero-order chi connectivity index (χ0) is 16.8. The van der Waals surface area contributed by atoms with E-state index in [4.69, 9.17) is 4.74 Å². The number of ketones is 1. The highest BCUT2D eigenvalue weighted by Gasteiger charge is 2.15. The highest BCUT2D eigenvalue weighted by atomic mass is 16.5. The van der Waals surface area contributed by atoms with Crippen LogP contribution in [0.5, 0.6) is 5.75 Å². The maximum absolute atomic E-state index is 11.7. The minimum Gasteiger partial charge on any atom is -0.483 e.